The van der Waals surface area contributed by atoms with Crippen LogP contribution in [0.5, 0.6) is 0 Å². The molecule has 0 spiro atoms. The topological polar surface area (TPSA) is 37.3 Å². The Bertz CT molecular complexity index is 174. The Morgan fingerprint density at radius 1 is 1.80 bits per heavy atom. The van der Waals surface area contributed by atoms with Crippen LogP contribution < -0.4 is 0 Å². The van der Waals surface area contributed by atoms with Gasteiger partial charge in [-0.25, -0.2) is 4.39 Å². The smallest absolute Gasteiger partial charge is 0.306 e. The predicted octanol–water partition coefficient (Wildman–Crippen LogP) is 1.72. The Labute approximate surface area is 58.4 Å². The molecule has 2 nitrogen and oxygen atoms in total. The van der Waals surface area contributed by atoms with Gasteiger partial charge in [-0.2, -0.15) is 0 Å². The van der Waals surface area contributed by atoms with E-state index in [1.165, 1.54) is 0 Å². The van der Waals surface area contributed by atoms with Crippen molar-refractivity contribution in [1.82, 2.24) is 0 Å². The van der Waals surface area contributed by atoms with E-state index in [-0.39, 0.29) is 5.92 Å². The SMILES string of the molecule is O=C(O)[C@@H]1CC/C(=C/F)C1. The first kappa shape index (κ1) is 7.25. The Balaban J connectivity index is 2.51. The summed E-state index contributed by atoms with van der Waals surface area (Å²) in [4.78, 5) is 10.3. The van der Waals surface area contributed by atoms with E-state index in [1.807, 2.05) is 0 Å². The van der Waals surface area contributed by atoms with Gasteiger partial charge in [0, 0.05) is 0 Å². The number of aliphatic carboxylic acids is 1. The van der Waals surface area contributed by atoms with Crippen molar-refractivity contribution < 1.29 is 14.3 Å². The highest BCUT2D eigenvalue weighted by molar-refractivity contribution is 5.71. The molecule has 1 saturated carbocycles. The van der Waals surface area contributed by atoms with Gasteiger partial charge in [-0.05, 0) is 24.8 Å². The highest BCUT2D eigenvalue weighted by Gasteiger charge is 2.25. The molecule has 1 rings (SSSR count). The summed E-state index contributed by atoms with van der Waals surface area (Å²) in [6, 6.07) is 0. The molecule has 10 heavy (non-hydrogen) atoms. The number of halogens is 1. The van der Waals surface area contributed by atoms with Crippen LogP contribution in [0.4, 0.5) is 4.39 Å². The van der Waals surface area contributed by atoms with Crippen LogP contribution in [0.1, 0.15) is 19.3 Å². The van der Waals surface area contributed by atoms with Gasteiger partial charge in [-0.1, -0.05) is 0 Å². The van der Waals surface area contributed by atoms with E-state index in [0.717, 1.165) is 0 Å². The highest BCUT2D eigenvalue weighted by atomic mass is 19.1. The molecule has 0 unspecified atom stereocenters. The van der Waals surface area contributed by atoms with E-state index in [2.05, 4.69) is 0 Å². The molecule has 0 radical (unpaired) electrons. The molecule has 1 fully saturated rings. The second-order valence-corrected chi connectivity index (χ2v) is 2.55. The Morgan fingerprint density at radius 2 is 2.50 bits per heavy atom. The number of rotatable bonds is 1. The fourth-order valence-electron chi connectivity index (χ4n) is 1.19. The minimum absolute atomic E-state index is 0.345. The monoisotopic (exact) mass is 144 g/mol. The van der Waals surface area contributed by atoms with Gasteiger partial charge in [-0.15, -0.1) is 0 Å². The van der Waals surface area contributed by atoms with Crippen molar-refractivity contribution in [3.8, 4) is 0 Å². The first-order chi connectivity index (χ1) is 4.74. The van der Waals surface area contributed by atoms with Gasteiger partial charge < -0.3 is 5.11 Å². The minimum atomic E-state index is -0.808. The number of carboxylic acid groups (broad SMARTS) is 1. The number of hydrogen-bond acceptors (Lipinski definition) is 1. The fourth-order valence-corrected chi connectivity index (χ4v) is 1.19. The molecular weight excluding hydrogens is 135 g/mol. The number of carboxylic acids is 1. The molecule has 0 aliphatic heterocycles. The molecule has 0 aromatic rings. The lowest BCUT2D eigenvalue weighted by Gasteiger charge is -1.97. The van der Waals surface area contributed by atoms with E-state index in [4.69, 9.17) is 5.11 Å². The molecule has 1 aliphatic rings. The van der Waals surface area contributed by atoms with Gasteiger partial charge >= 0.3 is 5.97 Å². The molecule has 0 amide bonds. The van der Waals surface area contributed by atoms with Crippen LogP contribution in [0.25, 0.3) is 0 Å². The molecule has 56 valence electrons. The molecule has 0 bridgehead atoms. The van der Waals surface area contributed by atoms with Crippen molar-refractivity contribution in [2.75, 3.05) is 0 Å². The third-order valence-electron chi connectivity index (χ3n) is 1.83. The third kappa shape index (κ3) is 1.35. The maximum Gasteiger partial charge on any atom is 0.306 e. The van der Waals surface area contributed by atoms with Crippen LogP contribution >= 0.6 is 0 Å². The van der Waals surface area contributed by atoms with E-state index in [1.54, 1.807) is 0 Å². The average molecular weight is 144 g/mol. The van der Waals surface area contributed by atoms with Crippen molar-refractivity contribution in [2.45, 2.75) is 19.3 Å². The van der Waals surface area contributed by atoms with Crippen molar-refractivity contribution in [3.05, 3.63) is 11.9 Å². The highest BCUT2D eigenvalue weighted by Crippen LogP contribution is 2.30. The van der Waals surface area contributed by atoms with Crippen molar-refractivity contribution in [2.24, 2.45) is 5.92 Å². The molecule has 1 aliphatic carbocycles. The van der Waals surface area contributed by atoms with Crippen LogP contribution in [0.15, 0.2) is 11.9 Å². The zero-order valence-electron chi connectivity index (χ0n) is 5.51. The molecule has 3 heteroatoms. The normalized spacial score (nSPS) is 29.3. The fraction of sp³-hybridized carbons (Fsp3) is 0.571. The zero-order chi connectivity index (χ0) is 7.56. The second kappa shape index (κ2) is 2.82. The molecule has 1 N–H and O–H groups in total. The quantitative estimate of drug-likeness (QED) is 0.608. The van der Waals surface area contributed by atoms with Crippen molar-refractivity contribution in [1.29, 1.82) is 0 Å². The maximum absolute atomic E-state index is 11.8. The van der Waals surface area contributed by atoms with Crippen LogP contribution in [-0.2, 0) is 4.79 Å². The lowest BCUT2D eigenvalue weighted by atomic mass is 10.1. The first-order valence-electron chi connectivity index (χ1n) is 3.25. The Kier molecular flexibility index (Phi) is 2.04. The van der Waals surface area contributed by atoms with Crippen LogP contribution in [0.2, 0.25) is 0 Å². The molecule has 0 aromatic heterocycles. The molecule has 0 aromatic carbocycles. The summed E-state index contributed by atoms with van der Waals surface area (Å²) in [5.41, 5.74) is 0.632. The minimum Gasteiger partial charge on any atom is -0.481 e. The average Bonchev–Trinajstić information content (AvgIpc) is 2.34. The summed E-state index contributed by atoms with van der Waals surface area (Å²) in [6.07, 6.45) is 2.12. The summed E-state index contributed by atoms with van der Waals surface area (Å²) < 4.78 is 11.8. The van der Waals surface area contributed by atoms with Gasteiger partial charge in [0.25, 0.3) is 0 Å². The van der Waals surface area contributed by atoms with E-state index < -0.39 is 5.97 Å². The molecule has 0 heterocycles. The largest absolute Gasteiger partial charge is 0.481 e. The zero-order valence-corrected chi connectivity index (χ0v) is 5.51. The first-order valence-corrected chi connectivity index (χ1v) is 3.25. The number of hydrogen-bond donors (Lipinski definition) is 1. The predicted molar refractivity (Wildman–Crippen MR) is 34.2 cm³/mol. The van der Waals surface area contributed by atoms with Crippen LogP contribution in [-0.4, -0.2) is 11.1 Å². The van der Waals surface area contributed by atoms with E-state index in [9.17, 15) is 9.18 Å². The summed E-state index contributed by atoms with van der Waals surface area (Å²) in [5.74, 6) is -1.15. The maximum atomic E-state index is 11.8. The van der Waals surface area contributed by atoms with E-state index >= 15 is 0 Å². The Morgan fingerprint density at radius 3 is 2.80 bits per heavy atom. The van der Waals surface area contributed by atoms with Gasteiger partial charge in [0.05, 0.1) is 12.2 Å². The lowest BCUT2D eigenvalue weighted by molar-refractivity contribution is -0.141. The van der Waals surface area contributed by atoms with Gasteiger partial charge in [0.1, 0.15) is 0 Å². The van der Waals surface area contributed by atoms with Crippen molar-refractivity contribution in [3.63, 3.8) is 0 Å². The summed E-state index contributed by atoms with van der Waals surface area (Å²) in [5, 5.41) is 8.48. The van der Waals surface area contributed by atoms with Crippen LogP contribution in [0.3, 0.4) is 0 Å². The Hall–Kier alpha value is -0.860. The summed E-state index contributed by atoms with van der Waals surface area (Å²) in [6.45, 7) is 0. The summed E-state index contributed by atoms with van der Waals surface area (Å²) >= 11 is 0. The number of carbonyl (C=O) groups is 1. The standard InChI is InChI=1S/C7H9FO2/c8-4-5-1-2-6(3-5)7(9)10/h4,6H,1-3H2,(H,9,10)/b5-4-/t6-/m1/s1. The van der Waals surface area contributed by atoms with Gasteiger partial charge in [0.2, 0.25) is 0 Å². The molecule has 0 saturated heterocycles. The third-order valence-corrected chi connectivity index (χ3v) is 1.83. The van der Waals surface area contributed by atoms with Crippen molar-refractivity contribution >= 4 is 5.97 Å². The number of allylic oxidation sites excluding steroid dienone is 1. The van der Waals surface area contributed by atoms with Gasteiger partial charge in [-0.3, -0.25) is 4.79 Å². The van der Waals surface area contributed by atoms with Gasteiger partial charge in [0.15, 0.2) is 0 Å². The second-order valence-electron chi connectivity index (χ2n) is 2.55. The molecular formula is C7H9FO2. The lowest BCUT2D eigenvalue weighted by Crippen LogP contribution is -2.08. The molecule has 1 atom stereocenters. The summed E-state index contributed by atoms with van der Waals surface area (Å²) in [7, 11) is 0. The van der Waals surface area contributed by atoms with E-state index in [0.29, 0.717) is 31.2 Å². The van der Waals surface area contributed by atoms with Crippen LogP contribution in [0, 0.1) is 5.92 Å².